The van der Waals surface area contributed by atoms with Gasteiger partial charge in [0.25, 0.3) is 0 Å². The SMILES string of the molecule is C[C@H](NC(=O)[C@@H](N)CC(=O)O)C(=O)OC(C1CC1)C(C)(C)C. The van der Waals surface area contributed by atoms with Gasteiger partial charge in [0.1, 0.15) is 12.1 Å². The van der Waals surface area contributed by atoms with Crippen LogP contribution in [0.2, 0.25) is 0 Å². The van der Waals surface area contributed by atoms with Gasteiger partial charge < -0.3 is 20.9 Å². The molecular weight excluding hydrogens is 288 g/mol. The highest BCUT2D eigenvalue weighted by Gasteiger charge is 2.42. The Kier molecular flexibility index (Phi) is 5.93. The van der Waals surface area contributed by atoms with Gasteiger partial charge in [-0.05, 0) is 31.1 Å². The van der Waals surface area contributed by atoms with E-state index in [2.05, 4.69) is 5.32 Å². The van der Waals surface area contributed by atoms with Gasteiger partial charge in [0.15, 0.2) is 0 Å². The van der Waals surface area contributed by atoms with Crippen molar-refractivity contribution >= 4 is 17.8 Å². The van der Waals surface area contributed by atoms with Crippen molar-refractivity contribution in [2.75, 3.05) is 0 Å². The van der Waals surface area contributed by atoms with Crippen LogP contribution in [0.4, 0.5) is 0 Å². The zero-order valence-corrected chi connectivity index (χ0v) is 13.6. The lowest BCUT2D eigenvalue weighted by Gasteiger charge is -2.31. The number of rotatable bonds is 7. The fourth-order valence-corrected chi connectivity index (χ4v) is 2.27. The molecule has 3 atom stereocenters. The van der Waals surface area contributed by atoms with Crippen molar-refractivity contribution in [3.05, 3.63) is 0 Å². The van der Waals surface area contributed by atoms with Gasteiger partial charge in [0, 0.05) is 0 Å². The molecular formula is C15H26N2O5. The van der Waals surface area contributed by atoms with E-state index in [1.807, 2.05) is 20.8 Å². The molecule has 0 aromatic rings. The molecule has 1 unspecified atom stereocenters. The van der Waals surface area contributed by atoms with Crippen molar-refractivity contribution in [1.82, 2.24) is 5.32 Å². The second-order valence-electron chi connectivity index (χ2n) is 7.00. The highest BCUT2D eigenvalue weighted by Crippen LogP contribution is 2.42. The Morgan fingerprint density at radius 1 is 1.32 bits per heavy atom. The number of hydrogen-bond donors (Lipinski definition) is 3. The maximum atomic E-state index is 12.1. The van der Waals surface area contributed by atoms with Crippen LogP contribution in [0.3, 0.4) is 0 Å². The molecule has 7 nitrogen and oxygen atoms in total. The number of amides is 1. The van der Waals surface area contributed by atoms with Gasteiger partial charge in [-0.2, -0.15) is 0 Å². The molecule has 1 fully saturated rings. The molecule has 7 heteroatoms. The number of nitrogens with two attached hydrogens (primary N) is 1. The van der Waals surface area contributed by atoms with Crippen LogP contribution >= 0.6 is 0 Å². The van der Waals surface area contributed by atoms with E-state index in [1.165, 1.54) is 6.92 Å². The standard InChI is InChI=1S/C15H26N2O5/c1-8(17-13(20)10(16)7-11(18)19)14(21)22-12(9-5-6-9)15(2,3)4/h8-10,12H,5-7,16H2,1-4H3,(H,17,20)(H,18,19)/t8-,10-,12?/m0/s1. The molecule has 126 valence electrons. The van der Waals surface area contributed by atoms with Gasteiger partial charge in [0.2, 0.25) is 5.91 Å². The van der Waals surface area contributed by atoms with E-state index in [9.17, 15) is 14.4 Å². The summed E-state index contributed by atoms with van der Waals surface area (Å²) >= 11 is 0. The number of carbonyl (C=O) groups excluding carboxylic acids is 2. The lowest BCUT2D eigenvalue weighted by molar-refractivity contribution is -0.159. The van der Waals surface area contributed by atoms with E-state index >= 15 is 0 Å². The van der Waals surface area contributed by atoms with Crippen LogP contribution in [0.5, 0.6) is 0 Å². The second-order valence-corrected chi connectivity index (χ2v) is 7.00. The lowest BCUT2D eigenvalue weighted by Crippen LogP contribution is -2.49. The van der Waals surface area contributed by atoms with Crippen LogP contribution in [-0.4, -0.2) is 41.1 Å². The second kappa shape index (κ2) is 7.09. The fraction of sp³-hybridized carbons (Fsp3) is 0.800. The molecule has 0 bridgehead atoms. The molecule has 22 heavy (non-hydrogen) atoms. The van der Waals surface area contributed by atoms with Gasteiger partial charge in [-0.25, -0.2) is 4.79 Å². The monoisotopic (exact) mass is 314 g/mol. The fourth-order valence-electron chi connectivity index (χ4n) is 2.27. The summed E-state index contributed by atoms with van der Waals surface area (Å²) in [5.41, 5.74) is 5.28. The topological polar surface area (TPSA) is 119 Å². The van der Waals surface area contributed by atoms with E-state index in [4.69, 9.17) is 15.6 Å². The van der Waals surface area contributed by atoms with Gasteiger partial charge in [-0.15, -0.1) is 0 Å². The predicted molar refractivity (Wildman–Crippen MR) is 79.9 cm³/mol. The van der Waals surface area contributed by atoms with Crippen LogP contribution in [-0.2, 0) is 19.1 Å². The van der Waals surface area contributed by atoms with Crippen LogP contribution in [0.15, 0.2) is 0 Å². The maximum Gasteiger partial charge on any atom is 0.328 e. The molecule has 0 aliphatic heterocycles. The molecule has 0 aromatic heterocycles. The highest BCUT2D eigenvalue weighted by molar-refractivity contribution is 5.89. The van der Waals surface area contributed by atoms with Crippen molar-refractivity contribution in [2.45, 2.75) is 65.1 Å². The van der Waals surface area contributed by atoms with Gasteiger partial charge in [-0.3, -0.25) is 9.59 Å². The van der Waals surface area contributed by atoms with E-state index in [0.717, 1.165) is 12.8 Å². The first kappa shape index (κ1) is 18.4. The molecule has 1 aliphatic rings. The Balaban J connectivity index is 2.54. The van der Waals surface area contributed by atoms with Crippen LogP contribution < -0.4 is 11.1 Å². The van der Waals surface area contributed by atoms with Crippen molar-refractivity contribution in [3.63, 3.8) is 0 Å². The maximum absolute atomic E-state index is 12.1. The minimum absolute atomic E-state index is 0.166. The smallest absolute Gasteiger partial charge is 0.328 e. The summed E-state index contributed by atoms with van der Waals surface area (Å²) in [5, 5.41) is 11.0. The summed E-state index contributed by atoms with van der Waals surface area (Å²) in [5.74, 6) is -1.99. The first-order valence-electron chi connectivity index (χ1n) is 7.50. The summed E-state index contributed by atoms with van der Waals surface area (Å²) in [6.45, 7) is 7.53. The number of carboxylic acid groups (broad SMARTS) is 1. The quantitative estimate of drug-likeness (QED) is 0.594. The number of nitrogens with one attached hydrogen (secondary N) is 1. The summed E-state index contributed by atoms with van der Waals surface area (Å²) in [7, 11) is 0. The molecule has 0 heterocycles. The minimum atomic E-state index is -1.19. The molecule has 0 saturated heterocycles. The third-order valence-electron chi connectivity index (χ3n) is 3.59. The summed E-state index contributed by atoms with van der Waals surface area (Å²) in [4.78, 5) is 34.4. The zero-order valence-electron chi connectivity index (χ0n) is 13.6. The summed E-state index contributed by atoms with van der Waals surface area (Å²) in [6.07, 6.45) is 1.41. The zero-order chi connectivity index (χ0) is 17.1. The predicted octanol–water partition coefficient (Wildman–Crippen LogP) is 0.661. The molecule has 1 amide bonds. The molecule has 4 N–H and O–H groups in total. The molecule has 0 aromatic carbocycles. The summed E-state index contributed by atoms with van der Waals surface area (Å²) < 4.78 is 5.55. The first-order valence-corrected chi connectivity index (χ1v) is 7.50. The van der Waals surface area contributed by atoms with E-state index < -0.39 is 36.4 Å². The van der Waals surface area contributed by atoms with Crippen molar-refractivity contribution < 1.29 is 24.2 Å². The number of aliphatic carboxylic acids is 1. The average molecular weight is 314 g/mol. The third-order valence-corrected chi connectivity index (χ3v) is 3.59. The minimum Gasteiger partial charge on any atom is -0.481 e. The summed E-state index contributed by atoms with van der Waals surface area (Å²) in [6, 6.07) is -2.05. The van der Waals surface area contributed by atoms with Gasteiger partial charge in [0.05, 0.1) is 12.5 Å². The van der Waals surface area contributed by atoms with Crippen LogP contribution in [0.25, 0.3) is 0 Å². The Labute approximate surface area is 130 Å². The Bertz CT molecular complexity index is 440. The Morgan fingerprint density at radius 3 is 2.27 bits per heavy atom. The molecule has 1 rings (SSSR count). The van der Waals surface area contributed by atoms with Crippen molar-refractivity contribution in [2.24, 2.45) is 17.1 Å². The number of carbonyl (C=O) groups is 3. The van der Waals surface area contributed by atoms with Crippen molar-refractivity contribution in [3.8, 4) is 0 Å². The number of ether oxygens (including phenoxy) is 1. The Hall–Kier alpha value is -1.63. The molecule has 0 radical (unpaired) electrons. The lowest BCUT2D eigenvalue weighted by atomic mass is 9.86. The Morgan fingerprint density at radius 2 is 1.86 bits per heavy atom. The normalized spacial score (nSPS) is 19.0. The van der Waals surface area contributed by atoms with E-state index in [0.29, 0.717) is 5.92 Å². The van der Waals surface area contributed by atoms with Crippen molar-refractivity contribution in [1.29, 1.82) is 0 Å². The number of esters is 1. The van der Waals surface area contributed by atoms with Gasteiger partial charge >= 0.3 is 11.9 Å². The van der Waals surface area contributed by atoms with E-state index in [1.54, 1.807) is 0 Å². The third kappa shape index (κ3) is 5.63. The van der Waals surface area contributed by atoms with Crippen LogP contribution in [0.1, 0.15) is 47.0 Å². The average Bonchev–Trinajstić information content (AvgIpc) is 3.17. The highest BCUT2D eigenvalue weighted by atomic mass is 16.5. The molecule has 1 aliphatic carbocycles. The van der Waals surface area contributed by atoms with Gasteiger partial charge in [-0.1, -0.05) is 20.8 Å². The molecule has 0 spiro atoms. The number of hydrogen-bond acceptors (Lipinski definition) is 5. The number of carboxylic acids is 1. The first-order chi connectivity index (χ1) is 10.0. The largest absolute Gasteiger partial charge is 0.481 e. The van der Waals surface area contributed by atoms with Crippen LogP contribution in [0, 0.1) is 11.3 Å². The van der Waals surface area contributed by atoms with E-state index in [-0.39, 0.29) is 11.5 Å². The molecule has 1 saturated carbocycles.